The molecule has 10 heteroatoms. The molecule has 0 aliphatic carbocycles. The van der Waals surface area contributed by atoms with Crippen LogP contribution < -0.4 is 15.5 Å². The molecule has 0 saturated carbocycles. The number of nitrogens with one attached hydrogen (secondary N) is 2. The Morgan fingerprint density at radius 1 is 1.38 bits per heavy atom. The van der Waals surface area contributed by atoms with Crippen LogP contribution in [0.25, 0.3) is 0 Å². The van der Waals surface area contributed by atoms with Crippen LogP contribution in [0.2, 0.25) is 0 Å². The lowest BCUT2D eigenvalue weighted by molar-refractivity contribution is -0.137. The molecule has 1 atom stereocenters. The van der Waals surface area contributed by atoms with E-state index in [4.69, 9.17) is 0 Å². The Morgan fingerprint density at radius 2 is 2.12 bits per heavy atom. The average Bonchev–Trinajstić information content (AvgIpc) is 2.92. The minimum atomic E-state index is -4.66. The van der Waals surface area contributed by atoms with Crippen molar-refractivity contribution in [3.63, 3.8) is 0 Å². The standard InChI is InChI=1S/C16H16F3N5O2/c1-8(25)24(2)14-11(16(17,18)19)7-20-15(23-14)21-10-3-4-12-9(5-10)6-13(26)22-12/h3-5,7-8,25H,6H2,1-2H3,(H,22,26)(H,20,21,23). The zero-order valence-electron chi connectivity index (χ0n) is 13.9. The predicted octanol–water partition coefficient (Wildman–Crippen LogP) is 2.51. The Morgan fingerprint density at radius 3 is 2.77 bits per heavy atom. The first-order valence-corrected chi connectivity index (χ1v) is 7.70. The normalized spacial score (nSPS) is 14.6. The lowest BCUT2D eigenvalue weighted by Gasteiger charge is -2.25. The number of aromatic nitrogens is 2. The third kappa shape index (κ3) is 3.54. The van der Waals surface area contributed by atoms with Gasteiger partial charge in [0.25, 0.3) is 0 Å². The van der Waals surface area contributed by atoms with Crippen molar-refractivity contribution >= 4 is 29.0 Å². The molecule has 0 fully saturated rings. The third-order valence-corrected chi connectivity index (χ3v) is 3.96. The van der Waals surface area contributed by atoms with Gasteiger partial charge >= 0.3 is 6.18 Å². The number of hydrogen-bond acceptors (Lipinski definition) is 6. The van der Waals surface area contributed by atoms with Gasteiger partial charge in [0.1, 0.15) is 17.6 Å². The minimum absolute atomic E-state index is 0.0577. The van der Waals surface area contributed by atoms with Gasteiger partial charge in [0.15, 0.2) is 0 Å². The molecule has 2 aromatic rings. The van der Waals surface area contributed by atoms with Gasteiger partial charge in [-0.2, -0.15) is 18.2 Å². The first-order valence-electron chi connectivity index (χ1n) is 7.70. The number of alkyl halides is 3. The van der Waals surface area contributed by atoms with Crippen LogP contribution >= 0.6 is 0 Å². The summed E-state index contributed by atoms with van der Waals surface area (Å²) in [6.07, 6.45) is -4.93. The highest BCUT2D eigenvalue weighted by molar-refractivity contribution is 5.99. The molecule has 0 saturated heterocycles. The molecular formula is C16H16F3N5O2. The van der Waals surface area contributed by atoms with E-state index >= 15 is 0 Å². The van der Waals surface area contributed by atoms with Crippen molar-refractivity contribution in [2.45, 2.75) is 25.7 Å². The zero-order valence-corrected chi connectivity index (χ0v) is 13.9. The zero-order chi connectivity index (χ0) is 19.1. The molecule has 0 spiro atoms. The Kier molecular flexibility index (Phi) is 4.45. The number of carbonyl (C=O) groups excluding carboxylic acids is 1. The number of rotatable bonds is 4. The number of amides is 1. The molecule has 7 nitrogen and oxygen atoms in total. The second-order valence-electron chi connectivity index (χ2n) is 5.89. The van der Waals surface area contributed by atoms with E-state index in [-0.39, 0.29) is 18.3 Å². The van der Waals surface area contributed by atoms with E-state index in [1.165, 1.54) is 14.0 Å². The summed E-state index contributed by atoms with van der Waals surface area (Å²) in [7, 11) is 1.30. The fourth-order valence-corrected chi connectivity index (χ4v) is 2.52. The molecule has 1 aliphatic rings. The van der Waals surface area contributed by atoms with Crippen LogP contribution in [0, 0.1) is 0 Å². The quantitative estimate of drug-likeness (QED) is 0.720. The van der Waals surface area contributed by atoms with Gasteiger partial charge < -0.3 is 20.6 Å². The number of aliphatic hydroxyl groups is 1. The third-order valence-electron chi connectivity index (χ3n) is 3.96. The predicted molar refractivity (Wildman–Crippen MR) is 89.2 cm³/mol. The lowest BCUT2D eigenvalue weighted by atomic mass is 10.1. The topological polar surface area (TPSA) is 90.4 Å². The van der Waals surface area contributed by atoms with Crippen molar-refractivity contribution in [3.05, 3.63) is 35.5 Å². The Hall–Kier alpha value is -2.88. The number of carbonyl (C=O) groups is 1. The molecule has 1 aliphatic heterocycles. The summed E-state index contributed by atoms with van der Waals surface area (Å²) in [5.41, 5.74) is 0.956. The molecule has 1 aromatic heterocycles. The van der Waals surface area contributed by atoms with Gasteiger partial charge in [-0.05, 0) is 30.7 Å². The van der Waals surface area contributed by atoms with Gasteiger partial charge in [0.05, 0.1) is 6.42 Å². The van der Waals surface area contributed by atoms with Crippen LogP contribution in [-0.2, 0) is 17.4 Å². The van der Waals surface area contributed by atoms with Gasteiger partial charge in [-0.15, -0.1) is 0 Å². The molecule has 1 aromatic carbocycles. The number of nitrogens with zero attached hydrogens (tertiary/aromatic N) is 3. The average molecular weight is 367 g/mol. The maximum Gasteiger partial charge on any atom is 0.421 e. The molecule has 0 radical (unpaired) electrons. The Bertz CT molecular complexity index is 854. The van der Waals surface area contributed by atoms with Gasteiger partial charge in [-0.1, -0.05) is 0 Å². The smallest absolute Gasteiger partial charge is 0.374 e. The number of fused-ring (bicyclic) bond motifs is 1. The SMILES string of the molecule is CC(O)N(C)c1nc(Nc2ccc3c(c2)CC(=O)N3)ncc1C(F)(F)F. The molecule has 3 rings (SSSR count). The fourth-order valence-electron chi connectivity index (χ4n) is 2.52. The van der Waals surface area contributed by atoms with Gasteiger partial charge in [-0.3, -0.25) is 4.79 Å². The summed E-state index contributed by atoms with van der Waals surface area (Å²) >= 11 is 0. The van der Waals surface area contributed by atoms with Crippen molar-refractivity contribution in [2.75, 3.05) is 22.6 Å². The monoisotopic (exact) mass is 367 g/mol. The molecule has 1 amide bonds. The van der Waals surface area contributed by atoms with Crippen molar-refractivity contribution < 1.29 is 23.1 Å². The summed E-state index contributed by atoms with van der Waals surface area (Å²) < 4.78 is 39.5. The highest BCUT2D eigenvalue weighted by Gasteiger charge is 2.37. The van der Waals surface area contributed by atoms with E-state index < -0.39 is 23.8 Å². The largest absolute Gasteiger partial charge is 0.421 e. The van der Waals surface area contributed by atoms with E-state index in [0.717, 1.165) is 10.5 Å². The van der Waals surface area contributed by atoms with E-state index in [2.05, 4.69) is 20.6 Å². The second-order valence-corrected chi connectivity index (χ2v) is 5.89. The number of hydrogen-bond donors (Lipinski definition) is 3. The fraction of sp³-hybridized carbons (Fsp3) is 0.312. The molecule has 0 bridgehead atoms. The first-order chi connectivity index (χ1) is 12.1. The lowest BCUT2D eigenvalue weighted by Crippen LogP contribution is -2.31. The van der Waals surface area contributed by atoms with Crippen LogP contribution in [0.15, 0.2) is 24.4 Å². The van der Waals surface area contributed by atoms with Crippen LogP contribution in [0.1, 0.15) is 18.1 Å². The number of aliphatic hydroxyl groups excluding tert-OH is 1. The van der Waals surface area contributed by atoms with Crippen molar-refractivity contribution in [1.82, 2.24) is 9.97 Å². The summed E-state index contributed by atoms with van der Waals surface area (Å²) in [5, 5.41) is 15.1. The number of benzene rings is 1. The summed E-state index contributed by atoms with van der Waals surface area (Å²) in [6, 6.07) is 5.05. The highest BCUT2D eigenvalue weighted by Crippen LogP contribution is 2.36. The van der Waals surface area contributed by atoms with Crippen molar-refractivity contribution in [3.8, 4) is 0 Å². The maximum atomic E-state index is 13.2. The van der Waals surface area contributed by atoms with E-state index in [1.807, 2.05) is 0 Å². The molecule has 3 N–H and O–H groups in total. The minimum Gasteiger partial charge on any atom is -0.374 e. The number of halogens is 3. The van der Waals surface area contributed by atoms with Gasteiger partial charge in [0, 0.05) is 24.6 Å². The molecule has 26 heavy (non-hydrogen) atoms. The van der Waals surface area contributed by atoms with E-state index in [9.17, 15) is 23.1 Å². The summed E-state index contributed by atoms with van der Waals surface area (Å²) in [4.78, 5) is 20.0. The van der Waals surface area contributed by atoms with Crippen LogP contribution in [-0.4, -0.2) is 34.3 Å². The Labute approximate surface area is 146 Å². The van der Waals surface area contributed by atoms with Crippen molar-refractivity contribution in [1.29, 1.82) is 0 Å². The number of anilines is 4. The second kappa shape index (κ2) is 6.45. The molecule has 1 unspecified atom stereocenters. The highest BCUT2D eigenvalue weighted by atomic mass is 19.4. The first kappa shape index (κ1) is 17.9. The molecule has 2 heterocycles. The maximum absolute atomic E-state index is 13.2. The molecule has 138 valence electrons. The Balaban J connectivity index is 1.93. The van der Waals surface area contributed by atoms with Crippen LogP contribution in [0.4, 0.5) is 36.3 Å². The van der Waals surface area contributed by atoms with E-state index in [1.54, 1.807) is 18.2 Å². The molecular weight excluding hydrogens is 351 g/mol. The summed E-state index contributed by atoms with van der Waals surface area (Å²) in [5.74, 6) is -0.621. The van der Waals surface area contributed by atoms with E-state index in [0.29, 0.717) is 17.6 Å². The van der Waals surface area contributed by atoms with Crippen LogP contribution in [0.3, 0.4) is 0 Å². The van der Waals surface area contributed by atoms with Crippen LogP contribution in [0.5, 0.6) is 0 Å². The van der Waals surface area contributed by atoms with Gasteiger partial charge in [-0.25, -0.2) is 4.98 Å². The van der Waals surface area contributed by atoms with Gasteiger partial charge in [0.2, 0.25) is 11.9 Å². The van der Waals surface area contributed by atoms with Crippen molar-refractivity contribution in [2.24, 2.45) is 0 Å². The summed E-state index contributed by atoms with van der Waals surface area (Å²) in [6.45, 7) is 1.33.